The number of nitrogens with one attached hydrogen (secondary N) is 1. The minimum Gasteiger partial charge on any atom is -0.508 e. The van der Waals surface area contributed by atoms with E-state index >= 15 is 0 Å². The summed E-state index contributed by atoms with van der Waals surface area (Å²) in [6.07, 6.45) is 2.71. The third-order valence-corrected chi connectivity index (χ3v) is 2.73. The number of carbonyl (C=O) groups is 2. The van der Waals surface area contributed by atoms with E-state index in [-0.39, 0.29) is 29.3 Å². The van der Waals surface area contributed by atoms with Crippen LogP contribution in [0.4, 0.5) is 0 Å². The van der Waals surface area contributed by atoms with Gasteiger partial charge in [-0.15, -0.1) is 0 Å². The number of rotatable bonds is 5. The molecule has 0 bridgehead atoms. The molecule has 0 unspecified atom stereocenters. The number of aromatic carboxylic acids is 1. The summed E-state index contributed by atoms with van der Waals surface area (Å²) in [7, 11) is 0. The van der Waals surface area contributed by atoms with Gasteiger partial charge in [-0.05, 0) is 12.1 Å². The Labute approximate surface area is 119 Å². The molecule has 2 rings (SSSR count). The fraction of sp³-hybridized carbons (Fsp3) is 0.154. The van der Waals surface area contributed by atoms with Gasteiger partial charge in [-0.1, -0.05) is 0 Å². The molecule has 2 aromatic rings. The molecule has 8 nitrogen and oxygen atoms in total. The summed E-state index contributed by atoms with van der Waals surface area (Å²) in [6.45, 7) is 0.569. The lowest BCUT2D eigenvalue weighted by molar-refractivity contribution is 0.0690. The third-order valence-electron chi connectivity index (χ3n) is 2.73. The second-order valence-electron chi connectivity index (χ2n) is 4.26. The maximum absolute atomic E-state index is 11.8. The first kappa shape index (κ1) is 14.4. The van der Waals surface area contributed by atoms with Crippen LogP contribution in [0.1, 0.15) is 20.8 Å². The molecule has 0 saturated carbocycles. The number of imidazole rings is 1. The number of nitrogens with zero attached hydrogens (tertiary/aromatic N) is 2. The lowest BCUT2D eigenvalue weighted by Gasteiger charge is -2.07. The van der Waals surface area contributed by atoms with Crippen LogP contribution in [0.3, 0.4) is 0 Å². The summed E-state index contributed by atoms with van der Waals surface area (Å²) in [4.78, 5) is 26.1. The van der Waals surface area contributed by atoms with Crippen LogP contribution < -0.4 is 5.32 Å². The van der Waals surface area contributed by atoms with Gasteiger partial charge in [0.15, 0.2) is 5.69 Å². The molecule has 0 spiro atoms. The van der Waals surface area contributed by atoms with Crippen molar-refractivity contribution in [1.82, 2.24) is 14.9 Å². The number of aromatic nitrogens is 2. The Bertz CT molecular complexity index is 680. The topological polar surface area (TPSA) is 125 Å². The molecule has 0 saturated heterocycles. The highest BCUT2D eigenvalue weighted by molar-refractivity contribution is 5.96. The Morgan fingerprint density at radius 2 is 2.05 bits per heavy atom. The number of hydrogen-bond acceptors (Lipinski definition) is 5. The van der Waals surface area contributed by atoms with Gasteiger partial charge in [-0.2, -0.15) is 0 Å². The molecule has 8 heteroatoms. The first-order valence-corrected chi connectivity index (χ1v) is 6.02. The summed E-state index contributed by atoms with van der Waals surface area (Å²) in [6, 6.07) is 3.67. The van der Waals surface area contributed by atoms with E-state index in [2.05, 4.69) is 10.3 Å². The van der Waals surface area contributed by atoms with Gasteiger partial charge in [0.2, 0.25) is 0 Å². The Balaban J connectivity index is 1.90. The average molecular weight is 291 g/mol. The molecule has 110 valence electrons. The first-order chi connectivity index (χ1) is 9.97. The normalized spacial score (nSPS) is 10.3. The summed E-state index contributed by atoms with van der Waals surface area (Å²) < 4.78 is 1.53. The molecule has 1 heterocycles. The van der Waals surface area contributed by atoms with Crippen LogP contribution in [0.5, 0.6) is 11.5 Å². The highest BCUT2D eigenvalue weighted by atomic mass is 16.4. The smallest absolute Gasteiger partial charge is 0.356 e. The van der Waals surface area contributed by atoms with Crippen LogP contribution in [0.15, 0.2) is 30.7 Å². The van der Waals surface area contributed by atoms with E-state index in [0.717, 1.165) is 6.07 Å². The first-order valence-electron chi connectivity index (χ1n) is 6.02. The third kappa shape index (κ3) is 3.50. The molecule has 1 aromatic carbocycles. The fourth-order valence-corrected chi connectivity index (χ4v) is 1.70. The van der Waals surface area contributed by atoms with Crippen LogP contribution in [0, 0.1) is 0 Å². The van der Waals surface area contributed by atoms with E-state index in [9.17, 15) is 14.7 Å². The zero-order valence-corrected chi connectivity index (χ0v) is 10.9. The van der Waals surface area contributed by atoms with Crippen molar-refractivity contribution in [2.45, 2.75) is 6.54 Å². The monoisotopic (exact) mass is 291 g/mol. The predicted octanol–water partition coefficient (Wildman–Crippen LogP) is 0.422. The standard InChI is InChI=1S/C13H13N3O5/c17-8-1-2-9(11(18)5-8)12(19)14-3-4-16-6-10(13(20)21)15-7-16/h1-2,5-7,17-18H,3-4H2,(H,14,19)(H,20,21). The molecule has 0 atom stereocenters. The molecule has 0 aliphatic heterocycles. The van der Waals surface area contributed by atoms with Gasteiger partial charge in [0.1, 0.15) is 11.5 Å². The lowest BCUT2D eigenvalue weighted by atomic mass is 10.2. The summed E-state index contributed by atoms with van der Waals surface area (Å²) >= 11 is 0. The number of benzene rings is 1. The van der Waals surface area contributed by atoms with Gasteiger partial charge in [-0.3, -0.25) is 4.79 Å². The second kappa shape index (κ2) is 5.95. The average Bonchev–Trinajstić information content (AvgIpc) is 2.87. The largest absolute Gasteiger partial charge is 0.508 e. The highest BCUT2D eigenvalue weighted by Crippen LogP contribution is 2.22. The number of aromatic hydroxyl groups is 2. The molecule has 0 aliphatic rings. The van der Waals surface area contributed by atoms with Crippen LogP contribution in [-0.4, -0.2) is 43.3 Å². The molecule has 21 heavy (non-hydrogen) atoms. The van der Waals surface area contributed by atoms with Crippen molar-refractivity contribution in [2.75, 3.05) is 6.54 Å². The van der Waals surface area contributed by atoms with Gasteiger partial charge >= 0.3 is 5.97 Å². The van der Waals surface area contributed by atoms with Crippen molar-refractivity contribution < 1.29 is 24.9 Å². The number of carboxylic acid groups (broad SMARTS) is 1. The summed E-state index contributed by atoms with van der Waals surface area (Å²) in [5.41, 5.74) is -0.0258. The second-order valence-corrected chi connectivity index (χ2v) is 4.26. The highest BCUT2D eigenvalue weighted by Gasteiger charge is 2.11. The minimum atomic E-state index is -1.12. The summed E-state index contributed by atoms with van der Waals surface area (Å²) in [5.74, 6) is -2.06. The maximum Gasteiger partial charge on any atom is 0.356 e. The molecular weight excluding hydrogens is 278 g/mol. The van der Waals surface area contributed by atoms with E-state index < -0.39 is 11.9 Å². The molecular formula is C13H13N3O5. The maximum atomic E-state index is 11.8. The fourth-order valence-electron chi connectivity index (χ4n) is 1.70. The minimum absolute atomic E-state index is 0.0460. The summed E-state index contributed by atoms with van der Waals surface area (Å²) in [5, 5.41) is 30.0. The van der Waals surface area contributed by atoms with E-state index in [1.54, 1.807) is 0 Å². The number of carboxylic acids is 1. The molecule has 1 aromatic heterocycles. The van der Waals surface area contributed by atoms with Crippen molar-refractivity contribution in [2.24, 2.45) is 0 Å². The number of carbonyl (C=O) groups excluding carboxylic acids is 1. The van der Waals surface area contributed by atoms with Gasteiger partial charge < -0.3 is 25.2 Å². The predicted molar refractivity (Wildman–Crippen MR) is 71.3 cm³/mol. The molecule has 0 aliphatic carbocycles. The molecule has 0 radical (unpaired) electrons. The Kier molecular flexibility index (Phi) is 4.07. The van der Waals surface area contributed by atoms with Gasteiger partial charge in [-0.25, -0.2) is 9.78 Å². The van der Waals surface area contributed by atoms with Gasteiger partial charge in [0.05, 0.1) is 11.9 Å². The van der Waals surface area contributed by atoms with E-state index in [1.807, 2.05) is 0 Å². The lowest BCUT2D eigenvalue weighted by Crippen LogP contribution is -2.27. The Morgan fingerprint density at radius 1 is 1.29 bits per heavy atom. The number of phenols is 2. The van der Waals surface area contributed by atoms with Crippen LogP contribution in [0.25, 0.3) is 0 Å². The van der Waals surface area contributed by atoms with Crippen LogP contribution in [-0.2, 0) is 6.54 Å². The quantitative estimate of drug-likeness (QED) is 0.633. The molecule has 0 fully saturated rings. The number of hydrogen-bond donors (Lipinski definition) is 4. The van der Waals surface area contributed by atoms with Gasteiger partial charge in [0, 0.05) is 25.4 Å². The Hall–Kier alpha value is -3.03. The SMILES string of the molecule is O=C(O)c1cn(CCNC(=O)c2ccc(O)cc2O)cn1. The van der Waals surface area contributed by atoms with Gasteiger partial charge in [0.25, 0.3) is 5.91 Å². The zero-order valence-electron chi connectivity index (χ0n) is 10.9. The van der Waals surface area contributed by atoms with Crippen molar-refractivity contribution >= 4 is 11.9 Å². The van der Waals surface area contributed by atoms with Crippen molar-refractivity contribution in [3.8, 4) is 11.5 Å². The Morgan fingerprint density at radius 3 is 2.67 bits per heavy atom. The molecule has 1 amide bonds. The van der Waals surface area contributed by atoms with E-state index in [4.69, 9.17) is 10.2 Å². The van der Waals surface area contributed by atoms with E-state index in [1.165, 1.54) is 29.2 Å². The number of phenolic OH excluding ortho intramolecular Hbond substituents is 2. The van der Waals surface area contributed by atoms with Crippen molar-refractivity contribution in [3.05, 3.63) is 42.0 Å². The zero-order chi connectivity index (χ0) is 15.4. The van der Waals surface area contributed by atoms with Crippen molar-refractivity contribution in [1.29, 1.82) is 0 Å². The van der Waals surface area contributed by atoms with Crippen molar-refractivity contribution in [3.63, 3.8) is 0 Å². The number of amides is 1. The molecule has 4 N–H and O–H groups in total. The van der Waals surface area contributed by atoms with Crippen LogP contribution in [0.2, 0.25) is 0 Å². The van der Waals surface area contributed by atoms with Crippen LogP contribution >= 0.6 is 0 Å². The van der Waals surface area contributed by atoms with E-state index in [0.29, 0.717) is 6.54 Å².